The quantitative estimate of drug-likeness (QED) is 0.784. The molecule has 0 fully saturated rings. The largest absolute Gasteiger partial charge is 0.497 e. The second kappa shape index (κ2) is 8.66. The van der Waals surface area contributed by atoms with E-state index in [1.165, 1.54) is 11.1 Å². The van der Waals surface area contributed by atoms with Crippen molar-refractivity contribution >= 4 is 23.0 Å². The first-order valence-corrected chi connectivity index (χ1v) is 8.33. The van der Waals surface area contributed by atoms with Crippen LogP contribution in [0.3, 0.4) is 0 Å². The van der Waals surface area contributed by atoms with Gasteiger partial charge in [-0.25, -0.2) is 0 Å². The summed E-state index contributed by atoms with van der Waals surface area (Å²) in [6, 6.07) is 16.4. The van der Waals surface area contributed by atoms with E-state index in [0.29, 0.717) is 11.7 Å². The lowest BCUT2D eigenvalue weighted by Gasteiger charge is -2.26. The Kier molecular flexibility index (Phi) is 6.58. The first-order valence-electron chi connectivity index (χ1n) is 7.92. The van der Waals surface area contributed by atoms with Crippen molar-refractivity contribution in [3.63, 3.8) is 0 Å². The van der Waals surface area contributed by atoms with Crippen LogP contribution in [0.15, 0.2) is 48.5 Å². The van der Waals surface area contributed by atoms with Crippen molar-refractivity contribution in [2.75, 3.05) is 33.1 Å². The predicted molar refractivity (Wildman–Crippen MR) is 105 cm³/mol. The Hall–Kier alpha value is -2.11. The zero-order chi connectivity index (χ0) is 17.5. The van der Waals surface area contributed by atoms with E-state index in [2.05, 4.69) is 54.8 Å². The Labute approximate surface area is 149 Å². The van der Waals surface area contributed by atoms with Crippen LogP contribution in [-0.4, -0.2) is 37.8 Å². The number of para-hydroxylation sites is 1. The summed E-state index contributed by atoms with van der Waals surface area (Å²) in [5.41, 5.74) is 3.38. The summed E-state index contributed by atoms with van der Waals surface area (Å²) in [6.07, 6.45) is 0. The van der Waals surface area contributed by atoms with Gasteiger partial charge in [-0.3, -0.25) is 0 Å². The molecule has 0 aliphatic heterocycles. The molecule has 0 aliphatic rings. The average Bonchev–Trinajstić information content (AvgIpc) is 2.57. The molecular weight excluding hydrogens is 318 g/mol. The number of thiocarbonyl (C=S) groups is 1. The molecule has 2 aromatic rings. The third-order valence-corrected chi connectivity index (χ3v) is 4.20. The molecular formula is C19H25N3OS. The van der Waals surface area contributed by atoms with E-state index in [9.17, 15) is 0 Å². The maximum Gasteiger partial charge on any atom is 0.170 e. The van der Waals surface area contributed by atoms with E-state index in [4.69, 9.17) is 17.0 Å². The fourth-order valence-electron chi connectivity index (χ4n) is 2.52. The summed E-state index contributed by atoms with van der Waals surface area (Å²) in [6.45, 7) is 2.77. The van der Waals surface area contributed by atoms with Crippen LogP contribution in [0.4, 0.5) is 5.69 Å². The van der Waals surface area contributed by atoms with Gasteiger partial charge in [0.1, 0.15) is 5.75 Å². The molecule has 0 amide bonds. The van der Waals surface area contributed by atoms with Gasteiger partial charge in [-0.05, 0) is 62.6 Å². The van der Waals surface area contributed by atoms with Gasteiger partial charge in [-0.15, -0.1) is 0 Å². The maximum atomic E-state index is 5.43. The summed E-state index contributed by atoms with van der Waals surface area (Å²) in [5, 5.41) is 7.19. The van der Waals surface area contributed by atoms with Gasteiger partial charge in [0, 0.05) is 12.2 Å². The maximum absolute atomic E-state index is 5.43. The van der Waals surface area contributed by atoms with Crippen molar-refractivity contribution in [2.45, 2.75) is 13.0 Å². The molecule has 5 heteroatoms. The van der Waals surface area contributed by atoms with Crippen molar-refractivity contribution in [2.24, 2.45) is 0 Å². The van der Waals surface area contributed by atoms with Crippen LogP contribution >= 0.6 is 12.2 Å². The SMILES string of the molecule is COc1cccc([C@H](CNC(=S)Nc2ccccc2C)N(C)C)c1. The second-order valence-corrected chi connectivity index (χ2v) is 6.31. The number of anilines is 1. The first kappa shape index (κ1) is 18.2. The normalized spacial score (nSPS) is 11.9. The molecule has 0 radical (unpaired) electrons. The Morgan fingerprint density at radius 1 is 1.17 bits per heavy atom. The lowest BCUT2D eigenvalue weighted by Crippen LogP contribution is -2.36. The first-order chi connectivity index (χ1) is 11.5. The molecule has 0 aromatic heterocycles. The van der Waals surface area contributed by atoms with Gasteiger partial charge in [-0.1, -0.05) is 30.3 Å². The highest BCUT2D eigenvalue weighted by Gasteiger charge is 2.15. The molecule has 128 valence electrons. The van der Waals surface area contributed by atoms with Crippen LogP contribution in [0, 0.1) is 6.92 Å². The Balaban J connectivity index is 2.01. The molecule has 2 aromatic carbocycles. The van der Waals surface area contributed by atoms with Crippen molar-refractivity contribution in [3.05, 3.63) is 59.7 Å². The second-order valence-electron chi connectivity index (χ2n) is 5.91. The Bertz CT molecular complexity index is 688. The average molecular weight is 343 g/mol. The lowest BCUT2D eigenvalue weighted by molar-refractivity contribution is 0.298. The summed E-state index contributed by atoms with van der Waals surface area (Å²) < 4.78 is 5.33. The van der Waals surface area contributed by atoms with Crippen LogP contribution in [-0.2, 0) is 0 Å². The molecule has 0 saturated carbocycles. The summed E-state index contributed by atoms with van der Waals surface area (Å²) in [7, 11) is 5.80. The number of ether oxygens (including phenoxy) is 1. The van der Waals surface area contributed by atoms with E-state index in [-0.39, 0.29) is 6.04 Å². The monoisotopic (exact) mass is 343 g/mol. The lowest BCUT2D eigenvalue weighted by atomic mass is 10.1. The molecule has 0 unspecified atom stereocenters. The van der Waals surface area contributed by atoms with Crippen molar-refractivity contribution in [1.29, 1.82) is 0 Å². The molecule has 4 nitrogen and oxygen atoms in total. The number of nitrogens with zero attached hydrogens (tertiary/aromatic N) is 1. The highest BCUT2D eigenvalue weighted by molar-refractivity contribution is 7.80. The van der Waals surface area contributed by atoms with Crippen LogP contribution in [0.2, 0.25) is 0 Å². The van der Waals surface area contributed by atoms with Gasteiger partial charge in [0.05, 0.1) is 13.2 Å². The number of nitrogens with one attached hydrogen (secondary N) is 2. The molecule has 0 bridgehead atoms. The van der Waals surface area contributed by atoms with Gasteiger partial charge < -0.3 is 20.3 Å². The zero-order valence-corrected chi connectivity index (χ0v) is 15.5. The molecule has 0 aliphatic carbocycles. The Morgan fingerprint density at radius 2 is 1.92 bits per heavy atom. The van der Waals surface area contributed by atoms with E-state index >= 15 is 0 Å². The zero-order valence-electron chi connectivity index (χ0n) is 14.7. The molecule has 0 spiro atoms. The molecule has 24 heavy (non-hydrogen) atoms. The fraction of sp³-hybridized carbons (Fsp3) is 0.316. The third kappa shape index (κ3) is 4.94. The minimum absolute atomic E-state index is 0.191. The van der Waals surface area contributed by atoms with Gasteiger partial charge in [0.15, 0.2) is 5.11 Å². The van der Waals surface area contributed by atoms with Gasteiger partial charge in [-0.2, -0.15) is 0 Å². The van der Waals surface area contributed by atoms with Crippen molar-refractivity contribution < 1.29 is 4.74 Å². The highest BCUT2D eigenvalue weighted by atomic mass is 32.1. The van der Waals surface area contributed by atoms with E-state index in [1.54, 1.807) is 7.11 Å². The molecule has 0 saturated heterocycles. The van der Waals surface area contributed by atoms with Crippen LogP contribution in [0.5, 0.6) is 5.75 Å². The van der Waals surface area contributed by atoms with Gasteiger partial charge in [0.2, 0.25) is 0 Å². The van der Waals surface area contributed by atoms with Crippen molar-refractivity contribution in [3.8, 4) is 5.75 Å². The fourth-order valence-corrected chi connectivity index (χ4v) is 2.71. The van der Waals surface area contributed by atoms with Gasteiger partial charge in [0.25, 0.3) is 0 Å². The number of hydrogen-bond acceptors (Lipinski definition) is 3. The Morgan fingerprint density at radius 3 is 2.58 bits per heavy atom. The minimum Gasteiger partial charge on any atom is -0.497 e. The number of benzene rings is 2. The number of methoxy groups -OCH3 is 1. The number of likely N-dealkylation sites (N-methyl/N-ethyl adjacent to an activating group) is 1. The smallest absolute Gasteiger partial charge is 0.170 e. The van der Waals surface area contributed by atoms with Crippen LogP contribution < -0.4 is 15.4 Å². The number of rotatable bonds is 6. The van der Waals surface area contributed by atoms with Crippen LogP contribution in [0.1, 0.15) is 17.2 Å². The molecule has 0 heterocycles. The molecule has 2 rings (SSSR count). The standard InChI is InChI=1S/C19H25N3OS/c1-14-8-5-6-11-17(14)21-19(24)20-13-18(22(2)3)15-9-7-10-16(12-15)23-4/h5-12,18H,13H2,1-4H3,(H2,20,21,24)/t18-/m0/s1. The minimum atomic E-state index is 0.191. The molecule has 1 atom stereocenters. The number of hydrogen-bond donors (Lipinski definition) is 2. The topological polar surface area (TPSA) is 36.5 Å². The summed E-state index contributed by atoms with van der Waals surface area (Å²) >= 11 is 5.43. The van der Waals surface area contributed by atoms with Gasteiger partial charge >= 0.3 is 0 Å². The summed E-state index contributed by atoms with van der Waals surface area (Å²) in [4.78, 5) is 2.16. The van der Waals surface area contributed by atoms with E-state index in [0.717, 1.165) is 11.4 Å². The highest BCUT2D eigenvalue weighted by Crippen LogP contribution is 2.22. The number of aryl methyl sites for hydroxylation is 1. The van der Waals surface area contributed by atoms with Crippen LogP contribution in [0.25, 0.3) is 0 Å². The van der Waals surface area contributed by atoms with E-state index in [1.807, 2.05) is 30.3 Å². The summed E-state index contributed by atoms with van der Waals surface area (Å²) in [5.74, 6) is 0.861. The van der Waals surface area contributed by atoms with Crippen molar-refractivity contribution in [1.82, 2.24) is 10.2 Å². The molecule has 2 N–H and O–H groups in total. The third-order valence-electron chi connectivity index (χ3n) is 3.95. The van der Waals surface area contributed by atoms with E-state index < -0.39 is 0 Å². The predicted octanol–water partition coefficient (Wildman–Crippen LogP) is 3.59.